The van der Waals surface area contributed by atoms with E-state index in [0.717, 1.165) is 19.4 Å². The minimum absolute atomic E-state index is 0.180. The van der Waals surface area contributed by atoms with Crippen LogP contribution in [-0.4, -0.2) is 29.2 Å². The molecule has 110 valence electrons. The Hall–Kier alpha value is -2.43. The summed E-state index contributed by atoms with van der Waals surface area (Å²) in [6.07, 6.45) is 1.82. The van der Waals surface area contributed by atoms with Crippen molar-refractivity contribution in [3.05, 3.63) is 53.7 Å². The fourth-order valence-corrected chi connectivity index (χ4v) is 1.86. The van der Waals surface area contributed by atoms with Crippen LogP contribution in [0, 0.1) is 0 Å². The van der Waals surface area contributed by atoms with Crippen molar-refractivity contribution in [2.24, 2.45) is 0 Å². The molecule has 0 spiro atoms. The van der Waals surface area contributed by atoms with Gasteiger partial charge in [-0.05, 0) is 30.5 Å². The summed E-state index contributed by atoms with van der Waals surface area (Å²) in [5.74, 6) is 0.498. The van der Waals surface area contributed by atoms with Crippen molar-refractivity contribution in [2.75, 3.05) is 18.4 Å². The zero-order valence-corrected chi connectivity index (χ0v) is 12.2. The van der Waals surface area contributed by atoms with Gasteiger partial charge in [0, 0.05) is 13.1 Å². The molecule has 0 fully saturated rings. The lowest BCUT2D eigenvalue weighted by molar-refractivity contribution is 0.0947. The fourth-order valence-electron chi connectivity index (χ4n) is 1.86. The van der Waals surface area contributed by atoms with Gasteiger partial charge in [-0.1, -0.05) is 37.3 Å². The molecule has 0 aliphatic rings. The van der Waals surface area contributed by atoms with Crippen molar-refractivity contribution in [1.82, 2.24) is 15.5 Å². The van der Waals surface area contributed by atoms with Crippen molar-refractivity contribution in [3.8, 4) is 0 Å². The maximum Gasteiger partial charge on any atom is 0.271 e. The van der Waals surface area contributed by atoms with Crippen LogP contribution in [0.25, 0.3) is 0 Å². The predicted octanol–water partition coefficient (Wildman–Crippen LogP) is 2.27. The Morgan fingerprint density at radius 1 is 1.05 bits per heavy atom. The molecule has 0 atom stereocenters. The first-order chi connectivity index (χ1) is 10.3. The van der Waals surface area contributed by atoms with Crippen LogP contribution in [0.15, 0.2) is 42.5 Å². The van der Waals surface area contributed by atoms with Gasteiger partial charge in [-0.15, -0.1) is 10.2 Å². The number of rotatable bonds is 7. The van der Waals surface area contributed by atoms with E-state index in [9.17, 15) is 4.79 Å². The van der Waals surface area contributed by atoms with Gasteiger partial charge in [-0.3, -0.25) is 4.79 Å². The van der Waals surface area contributed by atoms with Crippen molar-refractivity contribution in [1.29, 1.82) is 0 Å². The lowest BCUT2D eigenvalue weighted by atomic mass is 10.1. The second-order valence-corrected chi connectivity index (χ2v) is 4.72. The number of benzene rings is 1. The molecule has 2 N–H and O–H groups in total. The largest absolute Gasteiger partial charge is 0.368 e. The van der Waals surface area contributed by atoms with Crippen LogP contribution in [0.3, 0.4) is 0 Å². The molecule has 2 rings (SSSR count). The molecular weight excluding hydrogens is 264 g/mol. The summed E-state index contributed by atoms with van der Waals surface area (Å²) >= 11 is 0. The zero-order chi connectivity index (χ0) is 14.9. The van der Waals surface area contributed by atoms with Gasteiger partial charge in [-0.25, -0.2) is 0 Å². The van der Waals surface area contributed by atoms with E-state index in [1.807, 2.05) is 25.1 Å². The first kappa shape index (κ1) is 15.0. The number of anilines is 1. The molecule has 0 saturated heterocycles. The molecule has 0 aliphatic carbocycles. The zero-order valence-electron chi connectivity index (χ0n) is 12.2. The Kier molecular flexibility index (Phi) is 5.70. The van der Waals surface area contributed by atoms with E-state index in [4.69, 9.17) is 0 Å². The third kappa shape index (κ3) is 4.87. The number of hydrogen-bond donors (Lipinski definition) is 2. The quantitative estimate of drug-likeness (QED) is 0.818. The van der Waals surface area contributed by atoms with Gasteiger partial charge >= 0.3 is 0 Å². The van der Waals surface area contributed by atoms with Crippen molar-refractivity contribution < 1.29 is 4.79 Å². The molecular formula is C16H20N4O. The third-order valence-electron chi connectivity index (χ3n) is 3.00. The summed E-state index contributed by atoms with van der Waals surface area (Å²) in [7, 11) is 0. The van der Waals surface area contributed by atoms with Gasteiger partial charge in [0.2, 0.25) is 0 Å². The smallest absolute Gasteiger partial charge is 0.271 e. The SMILES string of the molecule is CCCNC(=O)c1ccc(NCCc2ccccc2)nn1. The van der Waals surface area contributed by atoms with E-state index in [1.54, 1.807) is 12.1 Å². The topological polar surface area (TPSA) is 66.9 Å². The number of carbonyl (C=O) groups excluding carboxylic acids is 1. The molecule has 21 heavy (non-hydrogen) atoms. The molecule has 0 radical (unpaired) electrons. The average molecular weight is 284 g/mol. The second kappa shape index (κ2) is 7.99. The molecule has 5 heteroatoms. The number of nitrogens with one attached hydrogen (secondary N) is 2. The van der Waals surface area contributed by atoms with Crippen molar-refractivity contribution in [3.63, 3.8) is 0 Å². The lowest BCUT2D eigenvalue weighted by Crippen LogP contribution is -2.25. The molecule has 1 aromatic heterocycles. The van der Waals surface area contributed by atoms with Crippen LogP contribution in [0.1, 0.15) is 29.4 Å². The lowest BCUT2D eigenvalue weighted by Gasteiger charge is -2.06. The second-order valence-electron chi connectivity index (χ2n) is 4.72. The van der Waals surface area contributed by atoms with Gasteiger partial charge < -0.3 is 10.6 Å². The van der Waals surface area contributed by atoms with E-state index >= 15 is 0 Å². The third-order valence-corrected chi connectivity index (χ3v) is 3.00. The highest BCUT2D eigenvalue weighted by Gasteiger charge is 2.06. The molecule has 5 nitrogen and oxygen atoms in total. The molecule has 0 saturated carbocycles. The number of carbonyl (C=O) groups is 1. The molecule has 2 aromatic rings. The van der Waals surface area contributed by atoms with Gasteiger partial charge in [0.05, 0.1) is 0 Å². The van der Waals surface area contributed by atoms with Gasteiger partial charge in [0.1, 0.15) is 5.82 Å². The van der Waals surface area contributed by atoms with Crippen LogP contribution in [0.4, 0.5) is 5.82 Å². The minimum atomic E-state index is -0.180. The van der Waals surface area contributed by atoms with E-state index < -0.39 is 0 Å². The Morgan fingerprint density at radius 2 is 1.86 bits per heavy atom. The normalized spacial score (nSPS) is 10.1. The Bertz CT molecular complexity index is 554. The number of nitrogens with zero attached hydrogens (tertiary/aromatic N) is 2. The average Bonchev–Trinajstić information content (AvgIpc) is 2.54. The fraction of sp³-hybridized carbons (Fsp3) is 0.312. The Labute approximate surface area is 124 Å². The summed E-state index contributed by atoms with van der Waals surface area (Å²) in [6, 6.07) is 13.7. The number of hydrogen-bond acceptors (Lipinski definition) is 4. The van der Waals surface area contributed by atoms with Crippen LogP contribution >= 0.6 is 0 Å². The van der Waals surface area contributed by atoms with Gasteiger partial charge in [0.15, 0.2) is 5.69 Å². The molecule has 1 heterocycles. The summed E-state index contributed by atoms with van der Waals surface area (Å²) < 4.78 is 0. The maximum absolute atomic E-state index is 11.7. The molecule has 0 bridgehead atoms. The Balaban J connectivity index is 1.81. The summed E-state index contributed by atoms with van der Waals surface area (Å²) in [5, 5.41) is 13.9. The summed E-state index contributed by atoms with van der Waals surface area (Å²) in [4.78, 5) is 11.7. The standard InChI is InChI=1S/C16H20N4O/c1-2-11-18-16(21)14-8-9-15(20-19-14)17-12-10-13-6-4-3-5-7-13/h3-9H,2,10-12H2,1H3,(H,17,20)(H,18,21). The van der Waals surface area contributed by atoms with E-state index in [0.29, 0.717) is 18.1 Å². The monoisotopic (exact) mass is 284 g/mol. The van der Waals surface area contributed by atoms with E-state index in [-0.39, 0.29) is 5.91 Å². The molecule has 0 unspecified atom stereocenters. The summed E-state index contributed by atoms with van der Waals surface area (Å²) in [6.45, 7) is 3.43. The van der Waals surface area contributed by atoms with Crippen LogP contribution in [0.5, 0.6) is 0 Å². The Morgan fingerprint density at radius 3 is 2.52 bits per heavy atom. The first-order valence-electron chi connectivity index (χ1n) is 7.19. The maximum atomic E-state index is 11.7. The van der Waals surface area contributed by atoms with Gasteiger partial charge in [0.25, 0.3) is 5.91 Å². The molecule has 0 aliphatic heterocycles. The summed E-state index contributed by atoms with van der Waals surface area (Å²) in [5.41, 5.74) is 1.62. The van der Waals surface area contributed by atoms with E-state index in [1.165, 1.54) is 5.56 Å². The predicted molar refractivity (Wildman–Crippen MR) is 83.3 cm³/mol. The highest BCUT2D eigenvalue weighted by molar-refractivity contribution is 5.92. The first-order valence-corrected chi connectivity index (χ1v) is 7.19. The molecule has 1 aromatic carbocycles. The van der Waals surface area contributed by atoms with Crippen molar-refractivity contribution in [2.45, 2.75) is 19.8 Å². The highest BCUT2D eigenvalue weighted by Crippen LogP contribution is 2.04. The van der Waals surface area contributed by atoms with Crippen molar-refractivity contribution >= 4 is 11.7 Å². The number of aromatic nitrogens is 2. The van der Waals surface area contributed by atoms with Crippen LogP contribution in [0.2, 0.25) is 0 Å². The van der Waals surface area contributed by atoms with Gasteiger partial charge in [-0.2, -0.15) is 0 Å². The van der Waals surface area contributed by atoms with Crippen LogP contribution in [-0.2, 0) is 6.42 Å². The molecule has 1 amide bonds. The van der Waals surface area contributed by atoms with Crippen LogP contribution < -0.4 is 10.6 Å². The highest BCUT2D eigenvalue weighted by atomic mass is 16.1. The van der Waals surface area contributed by atoms with E-state index in [2.05, 4.69) is 33.0 Å². The number of amides is 1. The minimum Gasteiger partial charge on any atom is -0.368 e.